The predicted octanol–water partition coefficient (Wildman–Crippen LogP) is 1.97. The molecule has 1 aliphatic carbocycles. The number of aliphatic hydroxyl groups excluding tert-OH is 1. The molecule has 0 amide bonds. The first-order valence-electron chi connectivity index (χ1n) is 5.51. The Morgan fingerprint density at radius 3 is 2.44 bits per heavy atom. The van der Waals surface area contributed by atoms with Gasteiger partial charge in [0.15, 0.2) is 0 Å². The fourth-order valence-electron chi connectivity index (χ4n) is 2.14. The largest absolute Gasteiger partial charge is 0.392 e. The van der Waals surface area contributed by atoms with Gasteiger partial charge in [-0.1, -0.05) is 0 Å². The average Bonchev–Trinajstić information content (AvgIpc) is 2.59. The quantitative estimate of drug-likeness (QED) is 0.827. The molecular formula is C12H15F2NO. The molecule has 0 heterocycles. The first-order valence-corrected chi connectivity index (χ1v) is 5.51. The molecule has 0 saturated heterocycles. The molecule has 0 bridgehead atoms. The summed E-state index contributed by atoms with van der Waals surface area (Å²) >= 11 is 0. The smallest absolute Gasteiger partial charge is 0.126 e. The fourth-order valence-corrected chi connectivity index (χ4v) is 2.14. The minimum atomic E-state index is -0.566. The number of hydrogen-bond acceptors (Lipinski definition) is 2. The number of rotatable bonds is 3. The Balaban J connectivity index is 1.94. The Hall–Kier alpha value is -1.00. The number of benzene rings is 1. The SMILES string of the molecule is OC1CCCC1NCc1cc(F)cc(F)c1. The van der Waals surface area contributed by atoms with Crippen molar-refractivity contribution in [2.24, 2.45) is 0 Å². The van der Waals surface area contributed by atoms with E-state index in [9.17, 15) is 13.9 Å². The van der Waals surface area contributed by atoms with Gasteiger partial charge in [-0.05, 0) is 37.0 Å². The van der Waals surface area contributed by atoms with Crippen molar-refractivity contribution in [1.29, 1.82) is 0 Å². The summed E-state index contributed by atoms with van der Waals surface area (Å²) in [4.78, 5) is 0. The van der Waals surface area contributed by atoms with Gasteiger partial charge in [0.2, 0.25) is 0 Å². The van der Waals surface area contributed by atoms with Crippen LogP contribution in [0.4, 0.5) is 8.78 Å². The zero-order valence-corrected chi connectivity index (χ0v) is 8.92. The molecule has 1 aromatic carbocycles. The third-order valence-electron chi connectivity index (χ3n) is 2.97. The highest BCUT2D eigenvalue weighted by atomic mass is 19.1. The molecule has 2 rings (SSSR count). The maximum atomic E-state index is 12.9. The first-order chi connectivity index (χ1) is 7.65. The summed E-state index contributed by atoms with van der Waals surface area (Å²) in [6.07, 6.45) is 2.38. The highest BCUT2D eigenvalue weighted by Crippen LogP contribution is 2.19. The Morgan fingerprint density at radius 2 is 1.88 bits per heavy atom. The van der Waals surface area contributed by atoms with Crippen LogP contribution >= 0.6 is 0 Å². The lowest BCUT2D eigenvalue weighted by atomic mass is 10.1. The molecule has 1 aromatic rings. The van der Waals surface area contributed by atoms with Crippen molar-refractivity contribution in [3.05, 3.63) is 35.4 Å². The van der Waals surface area contributed by atoms with E-state index in [-0.39, 0.29) is 12.1 Å². The molecular weight excluding hydrogens is 212 g/mol. The van der Waals surface area contributed by atoms with Crippen LogP contribution in [-0.2, 0) is 6.54 Å². The van der Waals surface area contributed by atoms with Gasteiger partial charge in [0.25, 0.3) is 0 Å². The topological polar surface area (TPSA) is 32.3 Å². The van der Waals surface area contributed by atoms with Crippen molar-refractivity contribution >= 4 is 0 Å². The molecule has 1 fully saturated rings. The molecule has 0 aliphatic heterocycles. The lowest BCUT2D eigenvalue weighted by Crippen LogP contribution is -2.35. The van der Waals surface area contributed by atoms with Gasteiger partial charge < -0.3 is 10.4 Å². The van der Waals surface area contributed by atoms with Crippen LogP contribution in [0.5, 0.6) is 0 Å². The first kappa shape index (κ1) is 11.5. The number of aliphatic hydroxyl groups is 1. The summed E-state index contributed by atoms with van der Waals surface area (Å²) in [5, 5.41) is 12.7. The van der Waals surface area contributed by atoms with Gasteiger partial charge >= 0.3 is 0 Å². The van der Waals surface area contributed by atoms with E-state index in [1.54, 1.807) is 0 Å². The summed E-state index contributed by atoms with van der Waals surface area (Å²) in [7, 11) is 0. The normalized spacial score (nSPS) is 24.9. The average molecular weight is 227 g/mol. The minimum absolute atomic E-state index is 0.0475. The minimum Gasteiger partial charge on any atom is -0.392 e. The van der Waals surface area contributed by atoms with E-state index in [0.717, 1.165) is 25.3 Å². The Morgan fingerprint density at radius 1 is 1.19 bits per heavy atom. The van der Waals surface area contributed by atoms with Crippen molar-refractivity contribution in [2.75, 3.05) is 0 Å². The Kier molecular flexibility index (Phi) is 3.51. The van der Waals surface area contributed by atoms with Crippen molar-refractivity contribution in [3.63, 3.8) is 0 Å². The van der Waals surface area contributed by atoms with Gasteiger partial charge in [-0.25, -0.2) is 8.78 Å². The molecule has 2 nitrogen and oxygen atoms in total. The summed E-state index contributed by atoms with van der Waals surface area (Å²) < 4.78 is 25.8. The molecule has 2 atom stereocenters. The van der Waals surface area contributed by atoms with E-state index in [4.69, 9.17) is 0 Å². The standard InChI is InChI=1S/C12H15F2NO/c13-9-4-8(5-10(14)6-9)7-15-11-2-1-3-12(11)16/h4-6,11-12,15-16H,1-3,7H2. The second-order valence-electron chi connectivity index (χ2n) is 4.26. The van der Waals surface area contributed by atoms with Crippen LogP contribution < -0.4 is 5.32 Å². The number of nitrogens with one attached hydrogen (secondary N) is 1. The maximum absolute atomic E-state index is 12.9. The zero-order valence-electron chi connectivity index (χ0n) is 8.92. The van der Waals surface area contributed by atoms with Crippen LogP contribution in [-0.4, -0.2) is 17.3 Å². The van der Waals surface area contributed by atoms with Gasteiger partial charge in [-0.3, -0.25) is 0 Å². The van der Waals surface area contributed by atoms with E-state index in [1.165, 1.54) is 12.1 Å². The van der Waals surface area contributed by atoms with Crippen LogP contribution in [0.3, 0.4) is 0 Å². The molecule has 2 N–H and O–H groups in total. The van der Waals surface area contributed by atoms with Gasteiger partial charge in [0.1, 0.15) is 11.6 Å². The van der Waals surface area contributed by atoms with Gasteiger partial charge in [0.05, 0.1) is 6.10 Å². The van der Waals surface area contributed by atoms with Gasteiger partial charge in [-0.15, -0.1) is 0 Å². The second kappa shape index (κ2) is 4.89. The summed E-state index contributed by atoms with van der Waals surface area (Å²) in [6.45, 7) is 0.385. The Bertz CT molecular complexity index is 350. The molecule has 4 heteroatoms. The van der Waals surface area contributed by atoms with Crippen molar-refractivity contribution in [1.82, 2.24) is 5.32 Å². The number of halogens is 2. The van der Waals surface area contributed by atoms with Crippen LogP contribution in [0.2, 0.25) is 0 Å². The van der Waals surface area contributed by atoms with Crippen molar-refractivity contribution in [3.8, 4) is 0 Å². The lowest BCUT2D eigenvalue weighted by Gasteiger charge is -2.16. The Labute approximate surface area is 93.3 Å². The molecule has 0 aromatic heterocycles. The van der Waals surface area contributed by atoms with Crippen LogP contribution in [0.1, 0.15) is 24.8 Å². The molecule has 88 valence electrons. The second-order valence-corrected chi connectivity index (χ2v) is 4.26. The summed E-state index contributed by atoms with van der Waals surface area (Å²) in [5.41, 5.74) is 0.566. The van der Waals surface area contributed by atoms with E-state index in [0.29, 0.717) is 12.1 Å². The van der Waals surface area contributed by atoms with Gasteiger partial charge in [-0.2, -0.15) is 0 Å². The molecule has 0 radical (unpaired) electrons. The molecule has 1 saturated carbocycles. The number of hydrogen-bond donors (Lipinski definition) is 2. The predicted molar refractivity (Wildman–Crippen MR) is 56.8 cm³/mol. The monoisotopic (exact) mass is 227 g/mol. The summed E-state index contributed by atoms with van der Waals surface area (Å²) in [5.74, 6) is -1.13. The maximum Gasteiger partial charge on any atom is 0.126 e. The van der Waals surface area contributed by atoms with Crippen LogP contribution in [0, 0.1) is 11.6 Å². The highest BCUT2D eigenvalue weighted by molar-refractivity contribution is 5.17. The molecule has 0 spiro atoms. The van der Waals surface area contributed by atoms with Gasteiger partial charge in [0, 0.05) is 18.7 Å². The third kappa shape index (κ3) is 2.77. The van der Waals surface area contributed by atoms with E-state index < -0.39 is 11.6 Å². The lowest BCUT2D eigenvalue weighted by molar-refractivity contribution is 0.148. The summed E-state index contributed by atoms with van der Waals surface area (Å²) in [6, 6.07) is 3.51. The van der Waals surface area contributed by atoms with Crippen molar-refractivity contribution < 1.29 is 13.9 Å². The molecule has 2 unspecified atom stereocenters. The highest BCUT2D eigenvalue weighted by Gasteiger charge is 2.24. The molecule has 1 aliphatic rings. The molecule has 16 heavy (non-hydrogen) atoms. The van der Waals surface area contributed by atoms with Crippen LogP contribution in [0.25, 0.3) is 0 Å². The fraction of sp³-hybridized carbons (Fsp3) is 0.500. The van der Waals surface area contributed by atoms with Crippen molar-refractivity contribution in [2.45, 2.75) is 38.0 Å². The van der Waals surface area contributed by atoms with E-state index in [2.05, 4.69) is 5.32 Å². The van der Waals surface area contributed by atoms with Crippen LogP contribution in [0.15, 0.2) is 18.2 Å². The third-order valence-corrected chi connectivity index (χ3v) is 2.97. The zero-order chi connectivity index (χ0) is 11.5. The van der Waals surface area contributed by atoms with E-state index in [1.807, 2.05) is 0 Å². The van der Waals surface area contributed by atoms with E-state index >= 15 is 0 Å².